The van der Waals surface area contributed by atoms with E-state index in [9.17, 15) is 4.79 Å². The number of hydrogen-bond acceptors (Lipinski definition) is 6. The largest absolute Gasteiger partial charge is 0.378 e. The predicted octanol–water partition coefficient (Wildman–Crippen LogP) is 4.68. The van der Waals surface area contributed by atoms with Gasteiger partial charge in [-0.15, -0.1) is 0 Å². The van der Waals surface area contributed by atoms with Crippen LogP contribution in [0.2, 0.25) is 0 Å². The van der Waals surface area contributed by atoms with Crippen molar-refractivity contribution in [2.24, 2.45) is 0 Å². The molecule has 7 nitrogen and oxygen atoms in total. The Morgan fingerprint density at radius 3 is 2.66 bits per heavy atom. The molecule has 1 aliphatic rings. The maximum Gasteiger partial charge on any atom is 0.243 e. The van der Waals surface area contributed by atoms with Crippen LogP contribution in [0.4, 0.5) is 17.3 Å². The van der Waals surface area contributed by atoms with Gasteiger partial charge in [0.15, 0.2) is 0 Å². The monoisotopic (exact) mass is 465 g/mol. The fraction of sp³-hybridized carbons (Fsp3) is 0.179. The zero-order chi connectivity index (χ0) is 24.0. The first-order valence-corrected chi connectivity index (χ1v) is 11.6. The molecule has 1 fully saturated rings. The molecule has 35 heavy (non-hydrogen) atoms. The molecule has 0 aliphatic carbocycles. The SMILES string of the molecule is C=CC(=O)NCc1cccc(-c2cccc3cnc(Nc4ccc(N5CCOCC5)cc4)nc23)c1. The molecular weight excluding hydrogens is 438 g/mol. The summed E-state index contributed by atoms with van der Waals surface area (Å²) in [4.78, 5) is 23.2. The van der Waals surface area contributed by atoms with Gasteiger partial charge in [0.1, 0.15) is 0 Å². The number of rotatable bonds is 7. The first kappa shape index (κ1) is 22.6. The number of amides is 1. The summed E-state index contributed by atoms with van der Waals surface area (Å²) in [7, 11) is 0. The number of aromatic nitrogens is 2. The molecule has 7 heteroatoms. The van der Waals surface area contributed by atoms with Gasteiger partial charge in [-0.25, -0.2) is 9.97 Å². The number of nitrogens with zero attached hydrogens (tertiary/aromatic N) is 3. The second kappa shape index (κ2) is 10.4. The number of para-hydroxylation sites is 1. The first-order valence-electron chi connectivity index (χ1n) is 11.6. The number of benzene rings is 3. The van der Waals surface area contributed by atoms with Crippen LogP contribution in [0.3, 0.4) is 0 Å². The summed E-state index contributed by atoms with van der Waals surface area (Å²) >= 11 is 0. The summed E-state index contributed by atoms with van der Waals surface area (Å²) in [5.74, 6) is 0.348. The molecule has 5 rings (SSSR count). The summed E-state index contributed by atoms with van der Waals surface area (Å²) in [6, 6.07) is 22.5. The number of carbonyl (C=O) groups excluding carboxylic acids is 1. The van der Waals surface area contributed by atoms with Crippen LogP contribution in [-0.4, -0.2) is 42.2 Å². The Bertz CT molecular complexity index is 1350. The van der Waals surface area contributed by atoms with Gasteiger partial charge in [-0.1, -0.05) is 43.0 Å². The number of ether oxygens (including phenoxy) is 1. The van der Waals surface area contributed by atoms with Crippen molar-refractivity contribution in [3.05, 3.63) is 91.1 Å². The molecule has 0 atom stereocenters. The van der Waals surface area contributed by atoms with Gasteiger partial charge in [0.05, 0.1) is 18.7 Å². The number of hydrogen-bond donors (Lipinski definition) is 2. The second-order valence-electron chi connectivity index (χ2n) is 8.33. The summed E-state index contributed by atoms with van der Waals surface area (Å²) in [5, 5.41) is 7.12. The third kappa shape index (κ3) is 5.31. The van der Waals surface area contributed by atoms with E-state index in [0.717, 1.165) is 59.6 Å². The van der Waals surface area contributed by atoms with Crippen LogP contribution >= 0.6 is 0 Å². The molecule has 0 bridgehead atoms. The van der Waals surface area contributed by atoms with E-state index in [4.69, 9.17) is 9.72 Å². The van der Waals surface area contributed by atoms with E-state index in [0.29, 0.717) is 12.5 Å². The summed E-state index contributed by atoms with van der Waals surface area (Å²) in [5.41, 5.74) is 6.01. The third-order valence-corrected chi connectivity index (χ3v) is 6.00. The van der Waals surface area contributed by atoms with Gasteiger partial charge >= 0.3 is 0 Å². The number of nitrogens with one attached hydrogen (secondary N) is 2. The third-order valence-electron chi connectivity index (χ3n) is 6.00. The number of fused-ring (bicyclic) bond motifs is 1. The van der Waals surface area contributed by atoms with Crippen molar-refractivity contribution in [2.75, 3.05) is 36.5 Å². The lowest BCUT2D eigenvalue weighted by Gasteiger charge is -2.28. The van der Waals surface area contributed by atoms with Gasteiger partial charge in [0.2, 0.25) is 11.9 Å². The molecule has 176 valence electrons. The highest BCUT2D eigenvalue weighted by molar-refractivity contribution is 5.94. The Balaban J connectivity index is 1.39. The fourth-order valence-electron chi connectivity index (χ4n) is 4.17. The maximum absolute atomic E-state index is 11.5. The lowest BCUT2D eigenvalue weighted by Crippen LogP contribution is -2.36. The van der Waals surface area contributed by atoms with Gasteiger partial charge in [0.25, 0.3) is 0 Å². The van der Waals surface area contributed by atoms with Crippen molar-refractivity contribution in [2.45, 2.75) is 6.54 Å². The van der Waals surface area contributed by atoms with E-state index in [2.05, 4.69) is 51.4 Å². The average molecular weight is 466 g/mol. The maximum atomic E-state index is 11.5. The van der Waals surface area contributed by atoms with Crippen molar-refractivity contribution in [3.8, 4) is 11.1 Å². The summed E-state index contributed by atoms with van der Waals surface area (Å²) in [6.45, 7) is 7.28. The van der Waals surface area contributed by atoms with Gasteiger partial charge in [-0.05, 0) is 47.5 Å². The van der Waals surface area contributed by atoms with Gasteiger partial charge < -0.3 is 20.3 Å². The van der Waals surface area contributed by atoms with Gasteiger partial charge in [-0.3, -0.25) is 4.79 Å². The standard InChI is InChI=1S/C28H27N5O2/c1-2-26(34)29-18-20-5-3-6-21(17-20)25-8-4-7-22-19-30-28(32-27(22)25)31-23-9-11-24(12-10-23)33-13-15-35-16-14-33/h2-12,17,19H,1,13-16,18H2,(H,29,34)(H,30,31,32). The molecule has 0 radical (unpaired) electrons. The highest BCUT2D eigenvalue weighted by Crippen LogP contribution is 2.29. The molecule has 0 saturated carbocycles. The van der Waals surface area contributed by atoms with Crippen LogP contribution in [0, 0.1) is 0 Å². The van der Waals surface area contributed by atoms with Crippen molar-refractivity contribution in [1.82, 2.24) is 15.3 Å². The molecule has 4 aromatic rings. The Morgan fingerprint density at radius 2 is 1.86 bits per heavy atom. The van der Waals surface area contributed by atoms with Crippen LogP contribution in [0.1, 0.15) is 5.56 Å². The lowest BCUT2D eigenvalue weighted by atomic mass is 10.0. The summed E-state index contributed by atoms with van der Waals surface area (Å²) in [6.07, 6.45) is 3.11. The highest BCUT2D eigenvalue weighted by Gasteiger charge is 2.12. The Kier molecular flexibility index (Phi) is 6.68. The minimum absolute atomic E-state index is 0.193. The molecule has 3 aromatic carbocycles. The molecule has 1 saturated heterocycles. The Labute approximate surface area is 204 Å². The molecule has 2 N–H and O–H groups in total. The van der Waals surface area contributed by atoms with E-state index < -0.39 is 0 Å². The fourth-order valence-corrected chi connectivity index (χ4v) is 4.17. The average Bonchev–Trinajstić information content (AvgIpc) is 2.92. The molecular formula is C28H27N5O2. The highest BCUT2D eigenvalue weighted by atomic mass is 16.5. The zero-order valence-corrected chi connectivity index (χ0v) is 19.4. The van der Waals surface area contributed by atoms with Crippen LogP contribution in [0.15, 0.2) is 85.6 Å². The van der Waals surface area contributed by atoms with E-state index in [1.165, 1.54) is 11.8 Å². The van der Waals surface area contributed by atoms with Crippen molar-refractivity contribution < 1.29 is 9.53 Å². The predicted molar refractivity (Wildman–Crippen MR) is 140 cm³/mol. The molecule has 2 heterocycles. The van der Waals surface area contributed by atoms with Crippen molar-refractivity contribution >= 4 is 34.1 Å². The molecule has 1 aliphatic heterocycles. The van der Waals surface area contributed by atoms with E-state index in [-0.39, 0.29) is 5.91 Å². The first-order chi connectivity index (χ1) is 17.2. The number of anilines is 3. The van der Waals surface area contributed by atoms with E-state index >= 15 is 0 Å². The molecule has 0 spiro atoms. The normalized spacial score (nSPS) is 13.4. The smallest absolute Gasteiger partial charge is 0.243 e. The summed E-state index contributed by atoms with van der Waals surface area (Å²) < 4.78 is 5.44. The Morgan fingerprint density at radius 1 is 1.06 bits per heavy atom. The second-order valence-corrected chi connectivity index (χ2v) is 8.33. The van der Waals surface area contributed by atoms with Crippen LogP contribution in [-0.2, 0) is 16.1 Å². The zero-order valence-electron chi connectivity index (χ0n) is 19.4. The molecule has 1 amide bonds. The lowest BCUT2D eigenvalue weighted by molar-refractivity contribution is -0.116. The minimum Gasteiger partial charge on any atom is -0.378 e. The van der Waals surface area contributed by atoms with Gasteiger partial charge in [-0.2, -0.15) is 0 Å². The van der Waals surface area contributed by atoms with Crippen LogP contribution in [0.5, 0.6) is 0 Å². The van der Waals surface area contributed by atoms with Crippen molar-refractivity contribution in [1.29, 1.82) is 0 Å². The van der Waals surface area contributed by atoms with Crippen LogP contribution < -0.4 is 15.5 Å². The topological polar surface area (TPSA) is 79.4 Å². The van der Waals surface area contributed by atoms with Crippen LogP contribution in [0.25, 0.3) is 22.0 Å². The van der Waals surface area contributed by atoms with Crippen molar-refractivity contribution in [3.63, 3.8) is 0 Å². The Hall–Kier alpha value is -4.23. The van der Waals surface area contributed by atoms with E-state index in [1.54, 1.807) is 0 Å². The molecule has 0 unspecified atom stereocenters. The quantitative estimate of drug-likeness (QED) is 0.386. The number of carbonyl (C=O) groups is 1. The van der Waals surface area contributed by atoms with E-state index in [1.807, 2.05) is 48.7 Å². The number of morpholine rings is 1. The van der Waals surface area contributed by atoms with Gasteiger partial charge in [0, 0.05) is 48.2 Å². The molecule has 1 aromatic heterocycles. The minimum atomic E-state index is -0.193.